The van der Waals surface area contributed by atoms with Gasteiger partial charge in [0, 0.05) is 12.1 Å². The lowest BCUT2D eigenvalue weighted by molar-refractivity contribution is 0.0949. The van der Waals surface area contributed by atoms with Crippen LogP contribution < -0.4 is 15.8 Å². The molecule has 0 radical (unpaired) electrons. The van der Waals surface area contributed by atoms with Crippen molar-refractivity contribution in [3.63, 3.8) is 0 Å². The number of amides is 1. The third-order valence-corrected chi connectivity index (χ3v) is 2.65. The van der Waals surface area contributed by atoms with Gasteiger partial charge in [0.2, 0.25) is 0 Å². The molecule has 0 unspecified atom stereocenters. The summed E-state index contributed by atoms with van der Waals surface area (Å²) in [4.78, 5) is 11.9. The molecule has 0 bridgehead atoms. The summed E-state index contributed by atoms with van der Waals surface area (Å²) in [5.74, 6) is 0.481. The number of hydrogen-bond donors (Lipinski definition) is 2. The zero-order valence-electron chi connectivity index (χ0n) is 11.5. The number of hydrogen-bond acceptors (Lipinski definition) is 3. The van der Waals surface area contributed by atoms with E-state index < -0.39 is 0 Å². The quantitative estimate of drug-likeness (QED) is 0.807. The number of carbonyl (C=O) groups is 1. The Balaban J connectivity index is 2.59. The number of carbonyl (C=O) groups excluding carboxylic acids is 1. The lowest BCUT2D eigenvalue weighted by atomic mass is 9.92. The Morgan fingerprint density at radius 2 is 2.06 bits per heavy atom. The minimum absolute atomic E-state index is 0.103. The first-order valence-corrected chi connectivity index (χ1v) is 6.05. The Morgan fingerprint density at radius 1 is 1.39 bits per heavy atom. The second kappa shape index (κ2) is 5.76. The molecule has 0 heterocycles. The van der Waals surface area contributed by atoms with Crippen LogP contribution in [0.5, 0.6) is 5.75 Å². The van der Waals surface area contributed by atoms with E-state index in [2.05, 4.69) is 26.1 Å². The summed E-state index contributed by atoms with van der Waals surface area (Å²) >= 11 is 0. The van der Waals surface area contributed by atoms with Gasteiger partial charge in [-0.25, -0.2) is 0 Å². The average Bonchev–Trinajstić information content (AvgIpc) is 2.27. The van der Waals surface area contributed by atoms with Crippen molar-refractivity contribution in [2.75, 3.05) is 19.4 Å². The summed E-state index contributed by atoms with van der Waals surface area (Å²) in [5.41, 5.74) is 7.01. The normalized spacial score (nSPS) is 11.1. The minimum Gasteiger partial charge on any atom is -0.495 e. The number of anilines is 1. The smallest absolute Gasteiger partial charge is 0.251 e. The van der Waals surface area contributed by atoms with Gasteiger partial charge in [-0.15, -0.1) is 0 Å². The van der Waals surface area contributed by atoms with Crippen molar-refractivity contribution in [1.29, 1.82) is 0 Å². The van der Waals surface area contributed by atoms with Gasteiger partial charge in [-0.2, -0.15) is 0 Å². The molecule has 100 valence electrons. The summed E-state index contributed by atoms with van der Waals surface area (Å²) in [7, 11) is 1.55. The summed E-state index contributed by atoms with van der Waals surface area (Å²) in [6.45, 7) is 7.09. The van der Waals surface area contributed by atoms with Crippen LogP contribution in [-0.2, 0) is 0 Å². The van der Waals surface area contributed by atoms with Crippen LogP contribution in [0, 0.1) is 5.41 Å². The fourth-order valence-corrected chi connectivity index (χ4v) is 1.53. The fraction of sp³-hybridized carbons (Fsp3) is 0.500. The van der Waals surface area contributed by atoms with Crippen molar-refractivity contribution in [1.82, 2.24) is 5.32 Å². The van der Waals surface area contributed by atoms with E-state index in [9.17, 15) is 4.79 Å². The van der Waals surface area contributed by atoms with Crippen LogP contribution >= 0.6 is 0 Å². The zero-order valence-corrected chi connectivity index (χ0v) is 11.5. The number of methoxy groups -OCH3 is 1. The topological polar surface area (TPSA) is 64.3 Å². The van der Waals surface area contributed by atoms with E-state index >= 15 is 0 Å². The first kappa shape index (κ1) is 14.4. The predicted molar refractivity (Wildman–Crippen MR) is 73.8 cm³/mol. The fourth-order valence-electron chi connectivity index (χ4n) is 1.53. The van der Waals surface area contributed by atoms with E-state index in [1.807, 2.05) is 0 Å². The van der Waals surface area contributed by atoms with Gasteiger partial charge in [-0.05, 0) is 30.0 Å². The molecule has 0 saturated heterocycles. The maximum atomic E-state index is 11.9. The van der Waals surface area contributed by atoms with Crippen LogP contribution in [0.2, 0.25) is 0 Å². The third kappa shape index (κ3) is 4.28. The predicted octanol–water partition coefficient (Wildman–Crippen LogP) is 2.44. The highest BCUT2D eigenvalue weighted by atomic mass is 16.5. The first-order chi connectivity index (χ1) is 8.33. The van der Waals surface area contributed by atoms with Crippen LogP contribution in [-0.4, -0.2) is 19.6 Å². The van der Waals surface area contributed by atoms with E-state index in [0.29, 0.717) is 23.5 Å². The van der Waals surface area contributed by atoms with Crippen LogP contribution in [0.4, 0.5) is 5.69 Å². The molecule has 4 heteroatoms. The lowest BCUT2D eigenvalue weighted by Gasteiger charge is -2.18. The monoisotopic (exact) mass is 250 g/mol. The van der Waals surface area contributed by atoms with E-state index in [-0.39, 0.29) is 11.3 Å². The van der Waals surface area contributed by atoms with Gasteiger partial charge < -0.3 is 15.8 Å². The maximum absolute atomic E-state index is 11.9. The van der Waals surface area contributed by atoms with Gasteiger partial charge in [-0.1, -0.05) is 20.8 Å². The van der Waals surface area contributed by atoms with Crippen LogP contribution in [0.15, 0.2) is 18.2 Å². The molecule has 1 aromatic carbocycles. The Labute approximate surface area is 109 Å². The Kier molecular flexibility index (Phi) is 4.59. The molecular formula is C14H22N2O2. The molecule has 0 aliphatic carbocycles. The van der Waals surface area contributed by atoms with Crippen molar-refractivity contribution in [2.24, 2.45) is 5.41 Å². The highest BCUT2D eigenvalue weighted by Gasteiger charge is 2.12. The van der Waals surface area contributed by atoms with Gasteiger partial charge in [0.05, 0.1) is 12.8 Å². The molecule has 0 aliphatic rings. The second-order valence-electron chi connectivity index (χ2n) is 5.52. The van der Waals surface area contributed by atoms with Crippen LogP contribution in [0.3, 0.4) is 0 Å². The molecule has 0 saturated carbocycles. The largest absolute Gasteiger partial charge is 0.495 e. The van der Waals surface area contributed by atoms with Crippen molar-refractivity contribution in [3.05, 3.63) is 23.8 Å². The lowest BCUT2D eigenvalue weighted by Crippen LogP contribution is -2.27. The Morgan fingerprint density at radius 3 is 2.56 bits per heavy atom. The van der Waals surface area contributed by atoms with Gasteiger partial charge in [-0.3, -0.25) is 4.79 Å². The van der Waals surface area contributed by atoms with Crippen molar-refractivity contribution in [2.45, 2.75) is 27.2 Å². The SMILES string of the molecule is COc1ccc(C(=O)NCCC(C)(C)C)cc1N. The van der Waals surface area contributed by atoms with E-state index in [0.717, 1.165) is 6.42 Å². The van der Waals surface area contributed by atoms with Crippen LogP contribution in [0.1, 0.15) is 37.6 Å². The highest BCUT2D eigenvalue weighted by molar-refractivity contribution is 5.95. The van der Waals surface area contributed by atoms with E-state index in [1.54, 1.807) is 25.3 Å². The van der Waals surface area contributed by atoms with Crippen molar-refractivity contribution in [3.8, 4) is 5.75 Å². The van der Waals surface area contributed by atoms with Gasteiger partial charge in [0.1, 0.15) is 5.75 Å². The summed E-state index contributed by atoms with van der Waals surface area (Å²) in [6.07, 6.45) is 0.935. The Hall–Kier alpha value is -1.71. The van der Waals surface area contributed by atoms with Gasteiger partial charge in [0.15, 0.2) is 0 Å². The minimum atomic E-state index is -0.103. The summed E-state index contributed by atoms with van der Waals surface area (Å²) < 4.78 is 5.05. The number of nitrogens with one attached hydrogen (secondary N) is 1. The average molecular weight is 250 g/mol. The van der Waals surface area contributed by atoms with Gasteiger partial charge in [0.25, 0.3) is 5.91 Å². The van der Waals surface area contributed by atoms with Crippen molar-refractivity contribution < 1.29 is 9.53 Å². The van der Waals surface area contributed by atoms with E-state index in [1.165, 1.54) is 0 Å². The standard InChI is InChI=1S/C14H22N2O2/c1-14(2,3)7-8-16-13(17)10-5-6-12(18-4)11(15)9-10/h5-6,9H,7-8,15H2,1-4H3,(H,16,17). The zero-order chi connectivity index (χ0) is 13.8. The molecule has 1 amide bonds. The molecular weight excluding hydrogens is 228 g/mol. The van der Waals surface area contributed by atoms with Crippen LogP contribution in [0.25, 0.3) is 0 Å². The summed E-state index contributed by atoms with van der Waals surface area (Å²) in [6, 6.07) is 5.04. The molecule has 1 rings (SSSR count). The first-order valence-electron chi connectivity index (χ1n) is 6.05. The second-order valence-corrected chi connectivity index (χ2v) is 5.52. The molecule has 1 aromatic rings. The number of nitrogen functional groups attached to an aromatic ring is 1. The summed E-state index contributed by atoms with van der Waals surface area (Å²) in [5, 5.41) is 2.88. The molecule has 0 atom stereocenters. The Bertz CT molecular complexity index is 422. The molecule has 0 aliphatic heterocycles. The number of rotatable bonds is 4. The number of nitrogens with two attached hydrogens (primary N) is 1. The van der Waals surface area contributed by atoms with Gasteiger partial charge >= 0.3 is 0 Å². The highest BCUT2D eigenvalue weighted by Crippen LogP contribution is 2.22. The molecule has 3 N–H and O–H groups in total. The van der Waals surface area contributed by atoms with Crippen molar-refractivity contribution >= 4 is 11.6 Å². The maximum Gasteiger partial charge on any atom is 0.251 e. The van der Waals surface area contributed by atoms with E-state index in [4.69, 9.17) is 10.5 Å². The number of benzene rings is 1. The molecule has 18 heavy (non-hydrogen) atoms. The molecule has 4 nitrogen and oxygen atoms in total. The molecule has 0 fully saturated rings. The number of ether oxygens (including phenoxy) is 1. The molecule has 0 aromatic heterocycles. The molecule has 0 spiro atoms. The third-order valence-electron chi connectivity index (χ3n) is 2.65.